The summed E-state index contributed by atoms with van der Waals surface area (Å²) in [4.78, 5) is 29.1. The van der Waals surface area contributed by atoms with Gasteiger partial charge in [-0.25, -0.2) is 4.39 Å². The van der Waals surface area contributed by atoms with E-state index in [4.69, 9.17) is 4.74 Å². The van der Waals surface area contributed by atoms with E-state index in [2.05, 4.69) is 4.99 Å². The zero-order valence-corrected chi connectivity index (χ0v) is 16.1. The lowest BCUT2D eigenvalue weighted by atomic mass is 10.1. The molecule has 1 heterocycles. The molecule has 2 aromatic carbocycles. The van der Waals surface area contributed by atoms with Gasteiger partial charge in [0.2, 0.25) is 0 Å². The van der Waals surface area contributed by atoms with Gasteiger partial charge >= 0.3 is 5.97 Å². The summed E-state index contributed by atoms with van der Waals surface area (Å²) in [6, 6.07) is 9.19. The number of fused-ring (bicyclic) bond motifs is 1. The molecule has 27 heavy (non-hydrogen) atoms. The van der Waals surface area contributed by atoms with E-state index >= 15 is 0 Å². The SMILES string of the molecule is CCOC(=O)Cn1c(=NC(=O)c2ccc(F)cc2)sc2cc(C)c(C)cc21. The van der Waals surface area contributed by atoms with E-state index in [1.807, 2.05) is 26.0 Å². The molecule has 0 aliphatic heterocycles. The third kappa shape index (κ3) is 4.14. The molecule has 5 nitrogen and oxygen atoms in total. The van der Waals surface area contributed by atoms with Gasteiger partial charge in [0.05, 0.1) is 16.8 Å². The van der Waals surface area contributed by atoms with Crippen LogP contribution in [0.1, 0.15) is 28.4 Å². The number of rotatable bonds is 4. The quantitative estimate of drug-likeness (QED) is 0.642. The van der Waals surface area contributed by atoms with Gasteiger partial charge in [-0.05, 0) is 68.3 Å². The van der Waals surface area contributed by atoms with Gasteiger partial charge in [-0.15, -0.1) is 0 Å². The second-order valence-corrected chi connectivity index (χ2v) is 7.11. The van der Waals surface area contributed by atoms with Crippen LogP contribution in [0.15, 0.2) is 41.4 Å². The molecule has 1 amide bonds. The maximum atomic E-state index is 13.1. The molecule has 3 aromatic rings. The van der Waals surface area contributed by atoms with E-state index in [9.17, 15) is 14.0 Å². The molecule has 1 aromatic heterocycles. The third-order valence-electron chi connectivity index (χ3n) is 4.18. The standard InChI is InChI=1S/C20H19FN2O3S/c1-4-26-18(24)11-23-16-9-12(2)13(3)10-17(16)27-20(23)22-19(25)14-5-7-15(21)8-6-14/h5-10H,4,11H2,1-3H3. The second kappa shape index (κ2) is 7.84. The van der Waals surface area contributed by atoms with Gasteiger partial charge in [0.1, 0.15) is 12.4 Å². The van der Waals surface area contributed by atoms with Crippen molar-refractivity contribution >= 4 is 33.4 Å². The van der Waals surface area contributed by atoms with E-state index < -0.39 is 17.7 Å². The van der Waals surface area contributed by atoms with Crippen molar-refractivity contribution < 1.29 is 18.7 Å². The van der Waals surface area contributed by atoms with E-state index in [1.54, 1.807) is 11.5 Å². The largest absolute Gasteiger partial charge is 0.465 e. The lowest BCUT2D eigenvalue weighted by Gasteiger charge is -2.06. The Morgan fingerprint density at radius 2 is 1.81 bits per heavy atom. The van der Waals surface area contributed by atoms with Gasteiger partial charge in [-0.2, -0.15) is 4.99 Å². The number of halogens is 1. The minimum atomic E-state index is -0.493. The van der Waals surface area contributed by atoms with Crippen LogP contribution < -0.4 is 4.80 Å². The lowest BCUT2D eigenvalue weighted by molar-refractivity contribution is -0.143. The van der Waals surface area contributed by atoms with Crippen LogP contribution in [0.3, 0.4) is 0 Å². The number of thiazole rings is 1. The number of carbonyl (C=O) groups excluding carboxylic acids is 2. The Morgan fingerprint density at radius 3 is 2.48 bits per heavy atom. The molecule has 0 saturated carbocycles. The lowest BCUT2D eigenvalue weighted by Crippen LogP contribution is -2.23. The number of benzene rings is 2. The van der Waals surface area contributed by atoms with Gasteiger partial charge in [0.15, 0.2) is 4.80 Å². The Labute approximate surface area is 159 Å². The van der Waals surface area contributed by atoms with Crippen LogP contribution in [0.4, 0.5) is 4.39 Å². The molecule has 0 fully saturated rings. The number of aromatic nitrogens is 1. The topological polar surface area (TPSA) is 60.7 Å². The zero-order chi connectivity index (χ0) is 19.6. The molecule has 0 atom stereocenters. The molecule has 0 saturated heterocycles. The Balaban J connectivity index is 2.13. The molecule has 0 bridgehead atoms. The van der Waals surface area contributed by atoms with Crippen LogP contribution in [-0.2, 0) is 16.1 Å². The second-order valence-electron chi connectivity index (χ2n) is 6.10. The fourth-order valence-electron chi connectivity index (χ4n) is 2.64. The Hall–Kier alpha value is -2.80. The number of hydrogen-bond acceptors (Lipinski definition) is 4. The van der Waals surface area contributed by atoms with Crippen LogP contribution >= 0.6 is 11.3 Å². The van der Waals surface area contributed by atoms with Crippen LogP contribution in [-0.4, -0.2) is 23.1 Å². The maximum absolute atomic E-state index is 13.1. The number of ether oxygens (including phenoxy) is 1. The van der Waals surface area contributed by atoms with Gasteiger partial charge < -0.3 is 9.30 Å². The van der Waals surface area contributed by atoms with E-state index in [0.717, 1.165) is 21.3 Å². The predicted octanol–water partition coefficient (Wildman–Crippen LogP) is 3.76. The van der Waals surface area contributed by atoms with Crippen LogP contribution in [0.2, 0.25) is 0 Å². The molecule has 3 rings (SSSR count). The predicted molar refractivity (Wildman–Crippen MR) is 102 cm³/mol. The highest BCUT2D eigenvalue weighted by molar-refractivity contribution is 7.16. The van der Waals surface area contributed by atoms with Crippen molar-refractivity contribution in [3.05, 3.63) is 63.7 Å². The smallest absolute Gasteiger partial charge is 0.326 e. The van der Waals surface area contributed by atoms with Crippen LogP contribution in [0.25, 0.3) is 10.2 Å². The average Bonchev–Trinajstić information content (AvgIpc) is 2.92. The Kier molecular flexibility index (Phi) is 5.51. The maximum Gasteiger partial charge on any atom is 0.326 e. The third-order valence-corrected chi connectivity index (χ3v) is 5.22. The van der Waals surface area contributed by atoms with Crippen molar-refractivity contribution in [2.45, 2.75) is 27.3 Å². The number of aryl methyl sites for hydroxylation is 2. The van der Waals surface area contributed by atoms with Gasteiger partial charge in [0, 0.05) is 5.56 Å². The van der Waals surface area contributed by atoms with Crippen LogP contribution in [0.5, 0.6) is 0 Å². The molecular weight excluding hydrogens is 367 g/mol. The molecule has 0 aliphatic rings. The first kappa shape index (κ1) is 19.0. The summed E-state index contributed by atoms with van der Waals surface area (Å²) >= 11 is 1.33. The van der Waals surface area contributed by atoms with Crippen molar-refractivity contribution in [2.75, 3.05) is 6.61 Å². The summed E-state index contributed by atoms with van der Waals surface area (Å²) in [6.07, 6.45) is 0. The van der Waals surface area contributed by atoms with E-state index in [1.165, 1.54) is 35.6 Å². The number of amides is 1. The van der Waals surface area contributed by atoms with Crippen LogP contribution in [0, 0.1) is 19.7 Å². The first-order chi connectivity index (χ1) is 12.9. The molecule has 0 spiro atoms. The number of nitrogens with zero attached hydrogens (tertiary/aromatic N) is 2. The summed E-state index contributed by atoms with van der Waals surface area (Å²) in [5, 5.41) is 0. The van der Waals surface area contributed by atoms with E-state index in [-0.39, 0.29) is 18.7 Å². The Bertz CT molecular complexity index is 1080. The number of carbonyl (C=O) groups is 2. The molecule has 0 radical (unpaired) electrons. The molecular formula is C20H19FN2O3S. The summed E-state index contributed by atoms with van der Waals surface area (Å²) < 4.78 is 20.7. The fraction of sp³-hybridized carbons (Fsp3) is 0.250. The molecule has 0 N–H and O–H groups in total. The van der Waals surface area contributed by atoms with Gasteiger partial charge in [-0.1, -0.05) is 11.3 Å². The fourth-order valence-corrected chi connectivity index (χ4v) is 3.75. The number of hydrogen-bond donors (Lipinski definition) is 0. The van der Waals surface area contributed by atoms with Crippen molar-refractivity contribution in [2.24, 2.45) is 4.99 Å². The minimum absolute atomic E-state index is 0.0358. The highest BCUT2D eigenvalue weighted by Crippen LogP contribution is 2.22. The van der Waals surface area contributed by atoms with Crippen molar-refractivity contribution in [3.8, 4) is 0 Å². The van der Waals surface area contributed by atoms with Gasteiger partial charge in [-0.3, -0.25) is 9.59 Å². The zero-order valence-electron chi connectivity index (χ0n) is 15.3. The molecule has 7 heteroatoms. The van der Waals surface area contributed by atoms with E-state index in [0.29, 0.717) is 4.80 Å². The normalized spacial score (nSPS) is 11.8. The summed E-state index contributed by atoms with van der Waals surface area (Å²) in [5.41, 5.74) is 3.29. The highest BCUT2D eigenvalue weighted by atomic mass is 32.1. The molecule has 0 aliphatic carbocycles. The minimum Gasteiger partial charge on any atom is -0.465 e. The van der Waals surface area contributed by atoms with Crippen molar-refractivity contribution in [1.29, 1.82) is 0 Å². The molecule has 0 unspecified atom stereocenters. The summed E-state index contributed by atoms with van der Waals surface area (Å²) in [6.45, 7) is 5.98. The van der Waals surface area contributed by atoms with Gasteiger partial charge in [0.25, 0.3) is 5.91 Å². The Morgan fingerprint density at radius 1 is 1.15 bits per heavy atom. The van der Waals surface area contributed by atoms with Crippen molar-refractivity contribution in [3.63, 3.8) is 0 Å². The van der Waals surface area contributed by atoms with Crippen molar-refractivity contribution in [1.82, 2.24) is 4.57 Å². The highest BCUT2D eigenvalue weighted by Gasteiger charge is 2.14. The number of esters is 1. The monoisotopic (exact) mass is 386 g/mol. The summed E-state index contributed by atoms with van der Waals surface area (Å²) in [5.74, 6) is -1.31. The first-order valence-corrected chi connectivity index (χ1v) is 9.31. The summed E-state index contributed by atoms with van der Waals surface area (Å²) in [7, 11) is 0. The first-order valence-electron chi connectivity index (χ1n) is 8.50. The average molecular weight is 386 g/mol. The molecule has 140 valence electrons.